The van der Waals surface area contributed by atoms with Crippen LogP contribution in [0.15, 0.2) is 22.8 Å². The van der Waals surface area contributed by atoms with Crippen molar-refractivity contribution in [2.24, 2.45) is 34.5 Å². The minimum Gasteiger partial charge on any atom is -0.385 e. The summed E-state index contributed by atoms with van der Waals surface area (Å²) in [6, 6.07) is 0. The Balaban J connectivity index is 1.58. The van der Waals surface area contributed by atoms with Gasteiger partial charge in [0.1, 0.15) is 6.10 Å². The zero-order chi connectivity index (χ0) is 21.0. The van der Waals surface area contributed by atoms with Gasteiger partial charge in [-0.1, -0.05) is 43.6 Å². The van der Waals surface area contributed by atoms with E-state index in [0.29, 0.717) is 30.1 Å². The van der Waals surface area contributed by atoms with Gasteiger partial charge in [-0.05, 0) is 106 Å². The van der Waals surface area contributed by atoms with Crippen LogP contribution in [0.4, 0.5) is 0 Å². The summed E-state index contributed by atoms with van der Waals surface area (Å²) in [6.07, 6.45) is 13.1. The quantitative estimate of drug-likeness (QED) is 0.539. The molecule has 3 saturated carbocycles. The summed E-state index contributed by atoms with van der Waals surface area (Å²) in [5.41, 5.74) is 5.46. The lowest BCUT2D eigenvalue weighted by Gasteiger charge is -2.56. The van der Waals surface area contributed by atoms with Crippen LogP contribution in [0.3, 0.4) is 0 Å². The van der Waals surface area contributed by atoms with E-state index in [2.05, 4.69) is 40.7 Å². The number of carbonyl (C=O) groups is 1. The lowest BCUT2D eigenvalue weighted by atomic mass is 9.48. The summed E-state index contributed by atoms with van der Waals surface area (Å²) in [4.78, 5) is 12.4. The maximum Gasteiger partial charge on any atom is 0.161 e. The second-order valence-electron chi connectivity index (χ2n) is 11.6. The van der Waals surface area contributed by atoms with Gasteiger partial charge < -0.3 is 5.11 Å². The molecule has 1 N–H and O–H groups in total. The van der Waals surface area contributed by atoms with E-state index < -0.39 is 6.10 Å². The van der Waals surface area contributed by atoms with Crippen molar-refractivity contribution < 1.29 is 9.90 Å². The Hall–Kier alpha value is -0.890. The van der Waals surface area contributed by atoms with Crippen LogP contribution in [0.25, 0.3) is 0 Å². The molecule has 2 nitrogen and oxygen atoms in total. The largest absolute Gasteiger partial charge is 0.385 e. The molecule has 0 aromatic rings. The summed E-state index contributed by atoms with van der Waals surface area (Å²) in [7, 11) is 0. The summed E-state index contributed by atoms with van der Waals surface area (Å²) in [5.74, 6) is 2.80. The Morgan fingerprint density at radius 3 is 2.69 bits per heavy atom. The molecule has 2 unspecified atom stereocenters. The SMILES string of the molecule is CC(C)=CCC[C@@H](C)[C@H]1CCC2=C3CCC4CC(O)C(=O)C[C@]4(C)[C@H]3CC[C@@]21C. The highest BCUT2D eigenvalue weighted by Gasteiger charge is 2.56. The molecule has 4 rings (SSSR count). The second kappa shape index (κ2) is 7.66. The predicted molar refractivity (Wildman–Crippen MR) is 119 cm³/mol. The third kappa shape index (κ3) is 3.48. The molecule has 2 heteroatoms. The standard InChI is InChI=1S/C27H42O2/c1-17(2)7-6-8-18(3)21-11-12-22-20-10-9-19-15-24(28)25(29)16-27(19,5)23(20)13-14-26(21,22)4/h7,18-19,21,23-24,28H,6,8-16H2,1-5H3/t18-,19?,21-,23+,24?,26-,27+/m1/s1. The van der Waals surface area contributed by atoms with E-state index in [0.717, 1.165) is 11.8 Å². The molecule has 0 heterocycles. The van der Waals surface area contributed by atoms with E-state index >= 15 is 0 Å². The second-order valence-corrected chi connectivity index (χ2v) is 11.6. The van der Waals surface area contributed by atoms with Gasteiger partial charge in [0.25, 0.3) is 0 Å². The molecule has 4 aliphatic rings. The summed E-state index contributed by atoms with van der Waals surface area (Å²) >= 11 is 0. The molecule has 162 valence electrons. The number of allylic oxidation sites excluding steroid dienone is 4. The van der Waals surface area contributed by atoms with Crippen molar-refractivity contribution in [1.29, 1.82) is 0 Å². The fourth-order valence-corrected chi connectivity index (χ4v) is 8.11. The molecule has 0 radical (unpaired) electrons. The van der Waals surface area contributed by atoms with Gasteiger partial charge in [0.2, 0.25) is 0 Å². The van der Waals surface area contributed by atoms with Crippen molar-refractivity contribution in [2.45, 2.75) is 105 Å². The Bertz CT molecular complexity index is 727. The molecule has 0 saturated heterocycles. The number of aliphatic hydroxyl groups is 1. The first-order chi connectivity index (χ1) is 13.7. The third-order valence-corrected chi connectivity index (χ3v) is 9.76. The number of fused-ring (bicyclic) bond motifs is 4. The Morgan fingerprint density at radius 1 is 1.21 bits per heavy atom. The molecule has 0 bridgehead atoms. The molecule has 0 aromatic heterocycles. The van der Waals surface area contributed by atoms with E-state index in [1.54, 1.807) is 11.1 Å². The zero-order valence-corrected chi connectivity index (χ0v) is 19.4. The first kappa shape index (κ1) is 21.3. The molecule has 0 aliphatic heterocycles. The smallest absolute Gasteiger partial charge is 0.161 e. The van der Waals surface area contributed by atoms with Crippen LogP contribution in [0, 0.1) is 34.5 Å². The fraction of sp³-hybridized carbons (Fsp3) is 0.815. The number of hydrogen-bond acceptors (Lipinski definition) is 2. The highest BCUT2D eigenvalue weighted by atomic mass is 16.3. The maximum atomic E-state index is 12.4. The summed E-state index contributed by atoms with van der Waals surface area (Å²) in [5, 5.41) is 10.2. The van der Waals surface area contributed by atoms with Gasteiger partial charge >= 0.3 is 0 Å². The number of ketones is 1. The molecular weight excluding hydrogens is 356 g/mol. The lowest BCUT2D eigenvalue weighted by molar-refractivity contribution is -0.141. The van der Waals surface area contributed by atoms with Crippen LogP contribution in [-0.2, 0) is 4.79 Å². The fourth-order valence-electron chi connectivity index (χ4n) is 8.11. The highest BCUT2D eigenvalue weighted by molar-refractivity contribution is 5.84. The Kier molecular flexibility index (Phi) is 5.64. The predicted octanol–water partition coefficient (Wildman–Crippen LogP) is 6.63. The van der Waals surface area contributed by atoms with Crippen molar-refractivity contribution in [3.05, 3.63) is 22.8 Å². The van der Waals surface area contributed by atoms with Gasteiger partial charge in [0.15, 0.2) is 5.78 Å². The van der Waals surface area contributed by atoms with Gasteiger partial charge in [-0.3, -0.25) is 4.79 Å². The van der Waals surface area contributed by atoms with Crippen LogP contribution in [-0.4, -0.2) is 17.0 Å². The monoisotopic (exact) mass is 398 g/mol. The van der Waals surface area contributed by atoms with Crippen molar-refractivity contribution in [2.75, 3.05) is 0 Å². The van der Waals surface area contributed by atoms with Crippen LogP contribution in [0.5, 0.6) is 0 Å². The average molecular weight is 399 g/mol. The number of Topliss-reactive ketones (excluding diaryl/α,β-unsaturated/α-hetero) is 1. The first-order valence-electron chi connectivity index (χ1n) is 12.2. The van der Waals surface area contributed by atoms with Crippen molar-refractivity contribution in [3.8, 4) is 0 Å². The third-order valence-electron chi connectivity index (χ3n) is 9.76. The van der Waals surface area contributed by atoms with E-state index in [4.69, 9.17) is 0 Å². The molecule has 0 aromatic carbocycles. The minimum absolute atomic E-state index is 0.0887. The Labute approximate surface area is 178 Å². The molecule has 4 aliphatic carbocycles. The average Bonchev–Trinajstić information content (AvgIpc) is 3.00. The van der Waals surface area contributed by atoms with Crippen LogP contribution in [0.2, 0.25) is 0 Å². The number of hydrogen-bond donors (Lipinski definition) is 1. The highest BCUT2D eigenvalue weighted by Crippen LogP contribution is 2.65. The number of carbonyl (C=O) groups excluding carboxylic acids is 1. The van der Waals surface area contributed by atoms with Crippen molar-refractivity contribution in [3.63, 3.8) is 0 Å². The number of rotatable bonds is 4. The van der Waals surface area contributed by atoms with Crippen molar-refractivity contribution >= 4 is 5.78 Å². The van der Waals surface area contributed by atoms with Gasteiger partial charge in [-0.2, -0.15) is 0 Å². The van der Waals surface area contributed by atoms with Crippen LogP contribution in [0.1, 0.15) is 98.8 Å². The van der Waals surface area contributed by atoms with Gasteiger partial charge in [0.05, 0.1) is 0 Å². The van der Waals surface area contributed by atoms with Crippen LogP contribution >= 0.6 is 0 Å². The molecule has 3 fully saturated rings. The number of aliphatic hydroxyl groups excluding tert-OH is 1. The molecule has 29 heavy (non-hydrogen) atoms. The van der Waals surface area contributed by atoms with E-state index in [1.807, 2.05) is 0 Å². The molecular formula is C27H42O2. The summed E-state index contributed by atoms with van der Waals surface area (Å²) < 4.78 is 0. The molecule has 0 amide bonds. The van der Waals surface area contributed by atoms with Gasteiger partial charge in [-0.25, -0.2) is 0 Å². The minimum atomic E-state index is -0.700. The van der Waals surface area contributed by atoms with E-state index in [1.165, 1.54) is 56.9 Å². The molecule has 7 atom stereocenters. The van der Waals surface area contributed by atoms with Gasteiger partial charge in [-0.15, -0.1) is 0 Å². The lowest BCUT2D eigenvalue weighted by Crippen LogP contribution is -2.51. The Morgan fingerprint density at radius 2 is 1.97 bits per heavy atom. The van der Waals surface area contributed by atoms with Crippen LogP contribution < -0.4 is 0 Å². The summed E-state index contributed by atoms with van der Waals surface area (Å²) in [6.45, 7) is 11.9. The topological polar surface area (TPSA) is 37.3 Å². The van der Waals surface area contributed by atoms with Crippen molar-refractivity contribution in [1.82, 2.24) is 0 Å². The van der Waals surface area contributed by atoms with E-state index in [9.17, 15) is 9.90 Å². The maximum absolute atomic E-state index is 12.4. The van der Waals surface area contributed by atoms with E-state index in [-0.39, 0.29) is 11.2 Å². The van der Waals surface area contributed by atoms with Gasteiger partial charge in [0, 0.05) is 6.42 Å². The molecule has 0 spiro atoms. The zero-order valence-electron chi connectivity index (χ0n) is 19.4. The normalized spacial score (nSPS) is 42.8. The first-order valence-corrected chi connectivity index (χ1v) is 12.2.